The van der Waals surface area contributed by atoms with Crippen LogP contribution >= 0.6 is 11.3 Å². The van der Waals surface area contributed by atoms with Crippen LogP contribution in [0.3, 0.4) is 0 Å². The van der Waals surface area contributed by atoms with Crippen molar-refractivity contribution in [2.45, 2.75) is 13.0 Å². The maximum absolute atomic E-state index is 12.4. The van der Waals surface area contributed by atoms with E-state index in [1.54, 1.807) is 32.5 Å². The number of carbonyl (C=O) groups is 2. The first-order chi connectivity index (χ1) is 11.9. The van der Waals surface area contributed by atoms with E-state index in [-0.39, 0.29) is 24.4 Å². The van der Waals surface area contributed by atoms with E-state index in [0.717, 1.165) is 0 Å². The van der Waals surface area contributed by atoms with Crippen molar-refractivity contribution in [2.24, 2.45) is 0 Å². The van der Waals surface area contributed by atoms with Crippen molar-refractivity contribution >= 4 is 23.2 Å². The number of carbonyl (C=O) groups excluding carboxylic acids is 2. The number of amides is 2. The summed E-state index contributed by atoms with van der Waals surface area (Å²) in [5.41, 5.74) is 2.39. The number of benzene rings is 1. The molecule has 0 unspecified atom stereocenters. The molecule has 1 aromatic carbocycles. The van der Waals surface area contributed by atoms with E-state index in [9.17, 15) is 9.59 Å². The molecule has 6 heteroatoms. The quantitative estimate of drug-likeness (QED) is 0.808. The molecule has 2 rings (SSSR count). The Morgan fingerprint density at radius 2 is 1.76 bits per heavy atom. The molecule has 134 valence electrons. The molecule has 0 aliphatic carbocycles. The molecule has 1 atom stereocenters. The third-order valence-electron chi connectivity index (χ3n) is 4.11. The lowest BCUT2D eigenvalue weighted by Gasteiger charge is -2.20. The lowest BCUT2D eigenvalue weighted by Crippen LogP contribution is -2.87. The van der Waals surface area contributed by atoms with Gasteiger partial charge in [-0.05, 0) is 18.4 Å². The summed E-state index contributed by atoms with van der Waals surface area (Å²) in [6.45, 7) is 2.47. The summed E-state index contributed by atoms with van der Waals surface area (Å²) in [6, 6.07) is 12.6. The number of quaternary nitrogens is 1. The Morgan fingerprint density at radius 1 is 1.08 bits per heavy atom. The molecule has 0 bridgehead atoms. The van der Waals surface area contributed by atoms with Crippen LogP contribution in [0, 0.1) is 6.92 Å². The Labute approximate surface area is 153 Å². The lowest BCUT2D eigenvalue weighted by atomic mass is 10.0. The van der Waals surface area contributed by atoms with Crippen LogP contribution < -0.4 is 5.32 Å². The minimum atomic E-state index is -0.0795. The molecule has 0 spiro atoms. The zero-order chi connectivity index (χ0) is 18.4. The molecule has 1 aromatic heterocycles. The number of aryl methyl sites for hydroxylation is 1. The van der Waals surface area contributed by atoms with E-state index in [1.807, 2.05) is 16.8 Å². The van der Waals surface area contributed by atoms with Crippen LogP contribution in [-0.2, 0) is 9.59 Å². The Hall–Kier alpha value is -2.18. The van der Waals surface area contributed by atoms with E-state index < -0.39 is 0 Å². The average Bonchev–Trinajstić information content (AvgIpc) is 3.10. The molecule has 2 aromatic rings. The molecule has 25 heavy (non-hydrogen) atoms. The van der Waals surface area contributed by atoms with Crippen molar-refractivity contribution in [3.8, 4) is 0 Å². The highest BCUT2D eigenvalue weighted by atomic mass is 32.1. The Kier molecular flexibility index (Phi) is 6.73. The van der Waals surface area contributed by atoms with Gasteiger partial charge in [0.1, 0.15) is 6.04 Å². The molecule has 0 saturated carbocycles. The topological polar surface area (TPSA) is 57.2 Å². The van der Waals surface area contributed by atoms with Crippen molar-refractivity contribution in [3.63, 3.8) is 0 Å². The van der Waals surface area contributed by atoms with Gasteiger partial charge in [-0.1, -0.05) is 35.9 Å². The molecule has 0 fully saturated rings. The van der Waals surface area contributed by atoms with Gasteiger partial charge in [0.25, 0.3) is 5.91 Å². The minimum absolute atomic E-state index is 0.0520. The molecule has 0 radical (unpaired) electrons. The standard InChI is InChI=1S/C19H25N3O2S/c1-14-7-9-15(10-8-14)19(16-6-5-11-25-16)20-12-17(23)22(4)13-18(24)21(2)3/h5-11,19-20H,12-13H2,1-4H3/p+1/t19-/m0/s1. The molecular weight excluding hydrogens is 334 g/mol. The summed E-state index contributed by atoms with van der Waals surface area (Å²) in [5.74, 6) is -0.131. The van der Waals surface area contributed by atoms with E-state index in [0.29, 0.717) is 6.54 Å². The van der Waals surface area contributed by atoms with Crippen molar-refractivity contribution in [1.29, 1.82) is 0 Å². The van der Waals surface area contributed by atoms with Crippen LogP contribution in [0.25, 0.3) is 0 Å². The SMILES string of the molecule is Cc1ccc([C@H]([NH2+]CC(=O)N(C)CC(=O)N(C)C)c2cccs2)cc1. The maximum Gasteiger partial charge on any atom is 0.277 e. The monoisotopic (exact) mass is 360 g/mol. The zero-order valence-corrected chi connectivity index (χ0v) is 16.0. The third-order valence-corrected chi connectivity index (χ3v) is 5.07. The zero-order valence-electron chi connectivity index (χ0n) is 15.2. The second kappa shape index (κ2) is 8.78. The van der Waals surface area contributed by atoms with Gasteiger partial charge < -0.3 is 15.1 Å². The van der Waals surface area contributed by atoms with Crippen LogP contribution in [0.1, 0.15) is 22.0 Å². The number of thiophene rings is 1. The van der Waals surface area contributed by atoms with Gasteiger partial charge in [-0.15, -0.1) is 11.3 Å². The summed E-state index contributed by atoms with van der Waals surface area (Å²) >= 11 is 1.69. The van der Waals surface area contributed by atoms with Crippen LogP contribution in [0.4, 0.5) is 0 Å². The van der Waals surface area contributed by atoms with Crippen molar-refractivity contribution in [2.75, 3.05) is 34.2 Å². The summed E-state index contributed by atoms with van der Waals surface area (Å²) < 4.78 is 0. The van der Waals surface area contributed by atoms with Gasteiger partial charge in [0.2, 0.25) is 5.91 Å². The highest BCUT2D eigenvalue weighted by molar-refractivity contribution is 7.10. The predicted molar refractivity (Wildman–Crippen MR) is 100 cm³/mol. The van der Waals surface area contributed by atoms with Crippen LogP contribution in [0.5, 0.6) is 0 Å². The molecule has 0 saturated heterocycles. The molecule has 2 N–H and O–H groups in total. The summed E-state index contributed by atoms with van der Waals surface area (Å²) in [4.78, 5) is 28.3. The van der Waals surface area contributed by atoms with Crippen molar-refractivity contribution in [1.82, 2.24) is 9.80 Å². The highest BCUT2D eigenvalue weighted by Crippen LogP contribution is 2.22. The first-order valence-corrected chi connectivity index (χ1v) is 9.14. The largest absolute Gasteiger partial charge is 0.347 e. The number of rotatable bonds is 7. The molecule has 2 amide bonds. The first-order valence-electron chi connectivity index (χ1n) is 8.26. The van der Waals surface area contributed by atoms with Crippen LogP contribution in [-0.4, -0.2) is 55.8 Å². The molecule has 0 aliphatic rings. The first kappa shape index (κ1) is 19.1. The second-order valence-corrected chi connectivity index (χ2v) is 7.36. The minimum Gasteiger partial charge on any atom is -0.347 e. The van der Waals surface area contributed by atoms with E-state index in [4.69, 9.17) is 0 Å². The van der Waals surface area contributed by atoms with Gasteiger partial charge in [-0.3, -0.25) is 9.59 Å². The number of nitrogens with two attached hydrogens (primary N) is 1. The number of likely N-dealkylation sites (N-methyl/N-ethyl adjacent to an activating group) is 2. The summed E-state index contributed by atoms with van der Waals surface area (Å²) in [5, 5.41) is 4.09. The van der Waals surface area contributed by atoms with Gasteiger partial charge in [-0.2, -0.15) is 0 Å². The fourth-order valence-electron chi connectivity index (χ4n) is 2.47. The third kappa shape index (κ3) is 5.41. The number of hydrogen-bond acceptors (Lipinski definition) is 3. The van der Waals surface area contributed by atoms with Crippen LogP contribution in [0.2, 0.25) is 0 Å². The Bertz CT molecular complexity index is 696. The predicted octanol–water partition coefficient (Wildman–Crippen LogP) is 1.26. The van der Waals surface area contributed by atoms with Gasteiger partial charge in [0, 0.05) is 26.7 Å². The van der Waals surface area contributed by atoms with Gasteiger partial charge in [-0.25, -0.2) is 0 Å². The average molecular weight is 361 g/mol. The lowest BCUT2D eigenvalue weighted by molar-refractivity contribution is -0.676. The number of hydrogen-bond donors (Lipinski definition) is 1. The van der Waals surface area contributed by atoms with E-state index in [2.05, 4.69) is 37.3 Å². The summed E-state index contributed by atoms with van der Waals surface area (Å²) in [6.07, 6.45) is 0. The maximum atomic E-state index is 12.4. The Balaban J connectivity index is 2.04. The second-order valence-electron chi connectivity index (χ2n) is 6.38. The molecular formula is C19H26N3O2S+. The fourth-order valence-corrected chi connectivity index (χ4v) is 3.32. The van der Waals surface area contributed by atoms with Crippen molar-refractivity contribution in [3.05, 3.63) is 57.8 Å². The fraction of sp³-hybridized carbons (Fsp3) is 0.368. The van der Waals surface area contributed by atoms with Gasteiger partial charge in [0.05, 0.1) is 11.4 Å². The number of nitrogens with zero attached hydrogens (tertiary/aromatic N) is 2. The smallest absolute Gasteiger partial charge is 0.277 e. The molecule has 1 heterocycles. The van der Waals surface area contributed by atoms with Gasteiger partial charge in [0.15, 0.2) is 6.54 Å². The Morgan fingerprint density at radius 3 is 2.32 bits per heavy atom. The molecule has 5 nitrogen and oxygen atoms in total. The normalized spacial score (nSPS) is 11.8. The van der Waals surface area contributed by atoms with E-state index in [1.165, 1.54) is 25.8 Å². The highest BCUT2D eigenvalue weighted by Gasteiger charge is 2.22. The van der Waals surface area contributed by atoms with E-state index >= 15 is 0 Å². The summed E-state index contributed by atoms with van der Waals surface area (Å²) in [7, 11) is 5.05. The van der Waals surface area contributed by atoms with Crippen LogP contribution in [0.15, 0.2) is 41.8 Å². The van der Waals surface area contributed by atoms with Crippen molar-refractivity contribution < 1.29 is 14.9 Å². The van der Waals surface area contributed by atoms with Gasteiger partial charge >= 0.3 is 0 Å². The molecule has 0 aliphatic heterocycles.